The molecule has 0 aromatic heterocycles. The number of aliphatic imine (C=N–C) groups is 1. The topological polar surface area (TPSA) is 77.1 Å². The van der Waals surface area contributed by atoms with Crippen LogP contribution in [0.5, 0.6) is 5.75 Å². The van der Waals surface area contributed by atoms with E-state index in [1.165, 1.54) is 12.1 Å². The van der Waals surface area contributed by atoms with E-state index < -0.39 is 11.6 Å². The molecule has 7 heteroatoms. The van der Waals surface area contributed by atoms with Crippen molar-refractivity contribution in [2.24, 2.45) is 16.6 Å². The van der Waals surface area contributed by atoms with Crippen molar-refractivity contribution in [2.75, 3.05) is 6.61 Å². The van der Waals surface area contributed by atoms with Gasteiger partial charge in [0.1, 0.15) is 29.8 Å². The van der Waals surface area contributed by atoms with Crippen molar-refractivity contribution in [2.45, 2.75) is 37.0 Å². The van der Waals surface area contributed by atoms with Gasteiger partial charge in [-0.15, -0.1) is 0 Å². The fraction of sp³-hybridized carbons (Fsp3) is 0.381. The Hall–Kier alpha value is -2.31. The molecule has 1 aliphatic carbocycles. The Kier molecular flexibility index (Phi) is 4.03. The first kappa shape index (κ1) is 17.8. The van der Waals surface area contributed by atoms with Crippen molar-refractivity contribution < 1.29 is 19.0 Å². The first-order valence-electron chi connectivity index (χ1n) is 9.39. The summed E-state index contributed by atoms with van der Waals surface area (Å²) < 4.78 is 26.3. The molecular weight excluding hydrogens is 383 g/mol. The first-order valence-corrected chi connectivity index (χ1v) is 9.77. The average Bonchev–Trinajstić information content (AvgIpc) is 3.07. The highest BCUT2D eigenvalue weighted by molar-refractivity contribution is 6.30. The summed E-state index contributed by atoms with van der Waals surface area (Å²) in [6.45, 7) is 0.282. The minimum Gasteiger partial charge on any atom is -0.490 e. The van der Waals surface area contributed by atoms with Crippen LogP contribution in [0.15, 0.2) is 41.4 Å². The number of halogens is 2. The normalized spacial score (nSPS) is 30.8. The van der Waals surface area contributed by atoms with Gasteiger partial charge in [0, 0.05) is 22.1 Å². The fourth-order valence-corrected chi connectivity index (χ4v) is 4.93. The SMILES string of the molecule is NC1=NC2(CO1)c1cc(-c3cc(Cl)ccc3F)ccc1O[C@H]1CC[C@H](O)C[C@@H]12. The van der Waals surface area contributed by atoms with Crippen molar-refractivity contribution in [3.05, 3.63) is 52.8 Å². The van der Waals surface area contributed by atoms with E-state index >= 15 is 0 Å². The van der Waals surface area contributed by atoms with Gasteiger partial charge in [0.25, 0.3) is 6.02 Å². The monoisotopic (exact) mass is 402 g/mol. The van der Waals surface area contributed by atoms with Crippen LogP contribution < -0.4 is 10.5 Å². The number of rotatable bonds is 1. The van der Waals surface area contributed by atoms with Crippen LogP contribution in [0.3, 0.4) is 0 Å². The third kappa shape index (κ3) is 2.66. The third-order valence-corrected chi connectivity index (χ3v) is 6.32. The Morgan fingerprint density at radius 2 is 2.07 bits per heavy atom. The Bertz CT molecular complexity index is 982. The lowest BCUT2D eigenvalue weighted by molar-refractivity contribution is -0.0359. The molecule has 3 N–H and O–H groups in total. The number of nitrogens with two attached hydrogens (primary N) is 1. The standard InChI is InChI=1S/C21H20ClFN2O3/c22-12-2-4-17(23)14(8-12)11-1-5-18-15(7-11)21(10-27-20(24)25-21)16-9-13(26)3-6-19(16)28-18/h1-2,4-5,7-8,13,16,19,26H,3,6,9-10H2,(H2,24,25)/t13-,16-,19-,21?/m0/s1. The van der Waals surface area contributed by atoms with Crippen LogP contribution >= 0.6 is 11.6 Å². The maximum atomic E-state index is 14.4. The van der Waals surface area contributed by atoms with E-state index in [2.05, 4.69) is 4.99 Å². The van der Waals surface area contributed by atoms with E-state index in [-0.39, 0.29) is 30.5 Å². The summed E-state index contributed by atoms with van der Waals surface area (Å²) in [5.74, 6) is 0.280. The maximum absolute atomic E-state index is 14.4. The van der Waals surface area contributed by atoms with Crippen molar-refractivity contribution in [3.63, 3.8) is 0 Å². The lowest BCUT2D eigenvalue weighted by atomic mass is 9.67. The zero-order valence-corrected chi connectivity index (χ0v) is 15.8. The molecule has 1 spiro atoms. The number of nitrogens with zero attached hydrogens (tertiary/aromatic N) is 1. The summed E-state index contributed by atoms with van der Waals surface area (Å²) in [4.78, 5) is 4.68. The molecule has 0 saturated heterocycles. The molecule has 2 aromatic carbocycles. The summed E-state index contributed by atoms with van der Waals surface area (Å²) in [7, 11) is 0. The summed E-state index contributed by atoms with van der Waals surface area (Å²) >= 11 is 6.08. The maximum Gasteiger partial charge on any atom is 0.283 e. The van der Waals surface area contributed by atoms with Crippen LogP contribution in [-0.4, -0.2) is 29.9 Å². The van der Waals surface area contributed by atoms with Crippen molar-refractivity contribution in [1.29, 1.82) is 0 Å². The van der Waals surface area contributed by atoms with Crippen molar-refractivity contribution in [3.8, 4) is 16.9 Å². The van der Waals surface area contributed by atoms with Crippen LogP contribution in [0.4, 0.5) is 4.39 Å². The first-order chi connectivity index (χ1) is 13.5. The molecule has 1 unspecified atom stereocenters. The Labute approximate surface area is 166 Å². The predicted octanol–water partition coefficient (Wildman–Crippen LogP) is 3.61. The van der Waals surface area contributed by atoms with Crippen LogP contribution in [-0.2, 0) is 10.3 Å². The van der Waals surface area contributed by atoms with E-state index in [4.69, 9.17) is 26.8 Å². The molecule has 4 atom stereocenters. The molecule has 0 bridgehead atoms. The molecule has 1 saturated carbocycles. The second kappa shape index (κ2) is 6.36. The zero-order valence-electron chi connectivity index (χ0n) is 15.1. The van der Waals surface area contributed by atoms with Gasteiger partial charge in [-0.2, -0.15) is 0 Å². The fourth-order valence-electron chi connectivity index (χ4n) is 4.76. The number of hydrogen-bond donors (Lipinski definition) is 2. The molecule has 3 aliphatic rings. The molecule has 5 rings (SSSR count). The molecule has 2 heterocycles. The van der Waals surface area contributed by atoms with Gasteiger partial charge in [-0.1, -0.05) is 17.7 Å². The predicted molar refractivity (Wildman–Crippen MR) is 104 cm³/mol. The second-order valence-corrected chi connectivity index (χ2v) is 8.16. The number of fused-ring (bicyclic) bond motifs is 4. The van der Waals surface area contributed by atoms with Gasteiger partial charge in [0.05, 0.1) is 6.10 Å². The van der Waals surface area contributed by atoms with Crippen molar-refractivity contribution >= 4 is 17.6 Å². The van der Waals surface area contributed by atoms with Crippen LogP contribution in [0.25, 0.3) is 11.1 Å². The molecule has 28 heavy (non-hydrogen) atoms. The number of hydrogen-bond acceptors (Lipinski definition) is 5. The van der Waals surface area contributed by atoms with E-state index in [9.17, 15) is 9.50 Å². The van der Waals surface area contributed by atoms with Gasteiger partial charge in [-0.3, -0.25) is 0 Å². The van der Waals surface area contributed by atoms with Crippen molar-refractivity contribution in [1.82, 2.24) is 0 Å². The number of aliphatic hydroxyl groups excluding tert-OH is 1. The minimum absolute atomic E-state index is 0.0655. The second-order valence-electron chi connectivity index (χ2n) is 7.73. The van der Waals surface area contributed by atoms with Gasteiger partial charge < -0.3 is 20.3 Å². The van der Waals surface area contributed by atoms with Crippen LogP contribution in [0.1, 0.15) is 24.8 Å². The molecule has 2 aromatic rings. The number of ether oxygens (including phenoxy) is 2. The molecule has 5 nitrogen and oxygen atoms in total. The number of amidine groups is 1. The minimum atomic E-state index is -0.741. The Balaban J connectivity index is 1.68. The van der Waals surface area contributed by atoms with E-state index in [1.54, 1.807) is 6.07 Å². The Morgan fingerprint density at radius 3 is 2.86 bits per heavy atom. The lowest BCUT2D eigenvalue weighted by Gasteiger charge is -2.47. The van der Waals surface area contributed by atoms with Gasteiger partial charge in [-0.25, -0.2) is 9.38 Å². The number of aliphatic hydroxyl groups is 1. The molecular formula is C21H20ClFN2O3. The average molecular weight is 403 g/mol. The largest absolute Gasteiger partial charge is 0.490 e. The van der Waals surface area contributed by atoms with E-state index in [0.29, 0.717) is 34.7 Å². The van der Waals surface area contributed by atoms with E-state index in [0.717, 1.165) is 12.0 Å². The van der Waals surface area contributed by atoms with Crippen LogP contribution in [0.2, 0.25) is 5.02 Å². The van der Waals surface area contributed by atoms with Gasteiger partial charge in [0.2, 0.25) is 0 Å². The van der Waals surface area contributed by atoms with Gasteiger partial charge >= 0.3 is 0 Å². The molecule has 0 radical (unpaired) electrons. The summed E-state index contributed by atoms with van der Waals surface area (Å²) in [5.41, 5.74) is 7.05. The molecule has 146 valence electrons. The highest BCUT2D eigenvalue weighted by atomic mass is 35.5. The third-order valence-electron chi connectivity index (χ3n) is 6.09. The molecule has 0 amide bonds. The smallest absolute Gasteiger partial charge is 0.283 e. The highest BCUT2D eigenvalue weighted by Gasteiger charge is 2.55. The molecule has 1 fully saturated rings. The Morgan fingerprint density at radius 1 is 1.21 bits per heavy atom. The number of benzene rings is 2. The summed E-state index contributed by atoms with van der Waals surface area (Å²) in [5, 5.41) is 10.7. The lowest BCUT2D eigenvalue weighted by Crippen LogP contribution is -2.51. The van der Waals surface area contributed by atoms with Gasteiger partial charge in [-0.05, 0) is 55.2 Å². The van der Waals surface area contributed by atoms with E-state index in [1.807, 2.05) is 18.2 Å². The van der Waals surface area contributed by atoms with Crippen LogP contribution in [0, 0.1) is 11.7 Å². The summed E-state index contributed by atoms with van der Waals surface area (Å²) in [6, 6.07) is 10.2. The highest BCUT2D eigenvalue weighted by Crippen LogP contribution is 2.53. The summed E-state index contributed by atoms with van der Waals surface area (Å²) in [6.07, 6.45) is 1.52. The van der Waals surface area contributed by atoms with Gasteiger partial charge in [0.15, 0.2) is 0 Å². The zero-order chi connectivity index (χ0) is 19.5. The quantitative estimate of drug-likeness (QED) is 0.764. The molecule has 2 aliphatic heterocycles.